The highest BCUT2D eigenvalue weighted by Gasteiger charge is 2.15. The number of nitrogens with zero attached hydrogens (tertiary/aromatic N) is 2. The first kappa shape index (κ1) is 13.1. The van der Waals surface area contributed by atoms with Gasteiger partial charge in [-0.05, 0) is 37.2 Å². The number of aryl methyl sites for hydroxylation is 1. The molecule has 0 saturated heterocycles. The summed E-state index contributed by atoms with van der Waals surface area (Å²) in [5, 5.41) is 8.46. The maximum Gasteiger partial charge on any atom is 0.0745 e. The molecule has 0 spiro atoms. The number of benzene rings is 1. The molecule has 0 radical (unpaired) electrons. The molecule has 1 unspecified atom stereocenters. The van der Waals surface area contributed by atoms with E-state index in [9.17, 15) is 0 Å². The van der Waals surface area contributed by atoms with Crippen molar-refractivity contribution in [3.63, 3.8) is 0 Å². The van der Waals surface area contributed by atoms with Crippen LogP contribution < -0.4 is 5.32 Å². The molecule has 1 heterocycles. The van der Waals surface area contributed by atoms with Crippen molar-refractivity contribution < 1.29 is 0 Å². The van der Waals surface area contributed by atoms with Crippen molar-refractivity contribution in [3.8, 4) is 0 Å². The van der Waals surface area contributed by atoms with Crippen LogP contribution in [0.25, 0.3) is 0 Å². The van der Waals surface area contributed by atoms with Crippen molar-refractivity contribution in [2.75, 3.05) is 7.05 Å². The molecule has 1 aromatic heterocycles. The molecule has 0 aliphatic rings. The Balaban J connectivity index is 2.32. The summed E-state index contributed by atoms with van der Waals surface area (Å²) < 4.78 is 2.05. The molecule has 96 valence electrons. The van der Waals surface area contributed by atoms with Crippen LogP contribution in [0.1, 0.15) is 30.6 Å². The number of hydrogen-bond donors (Lipinski definition) is 1. The topological polar surface area (TPSA) is 29.9 Å². The molecule has 1 N–H and O–H groups in total. The van der Waals surface area contributed by atoms with Gasteiger partial charge in [-0.15, -0.1) is 0 Å². The van der Waals surface area contributed by atoms with E-state index in [2.05, 4.69) is 28.1 Å². The molecule has 0 aliphatic carbocycles. The zero-order valence-corrected chi connectivity index (χ0v) is 11.5. The van der Waals surface area contributed by atoms with Gasteiger partial charge >= 0.3 is 0 Å². The summed E-state index contributed by atoms with van der Waals surface area (Å²) in [4.78, 5) is 0. The van der Waals surface area contributed by atoms with Crippen LogP contribution in [0, 0.1) is 0 Å². The smallest absolute Gasteiger partial charge is 0.0745 e. The maximum atomic E-state index is 5.93. The summed E-state index contributed by atoms with van der Waals surface area (Å²) in [6, 6.07) is 10.1. The van der Waals surface area contributed by atoms with Gasteiger partial charge in [-0.3, -0.25) is 4.68 Å². The molecule has 0 aliphatic heterocycles. The van der Waals surface area contributed by atoms with Crippen molar-refractivity contribution in [2.45, 2.75) is 25.9 Å². The summed E-state index contributed by atoms with van der Waals surface area (Å²) in [5.41, 5.74) is 2.38. The number of nitrogens with one attached hydrogen (secondary N) is 1. The lowest BCUT2D eigenvalue weighted by Crippen LogP contribution is -2.21. The van der Waals surface area contributed by atoms with E-state index in [0.717, 1.165) is 18.0 Å². The van der Waals surface area contributed by atoms with Gasteiger partial charge in [-0.1, -0.05) is 30.7 Å². The first-order valence-corrected chi connectivity index (χ1v) is 6.58. The fraction of sp³-hybridized carbons (Fsp3) is 0.357. The van der Waals surface area contributed by atoms with Crippen molar-refractivity contribution >= 4 is 11.6 Å². The lowest BCUT2D eigenvalue weighted by atomic mass is 10.0. The van der Waals surface area contributed by atoms with Gasteiger partial charge in [-0.25, -0.2) is 0 Å². The first-order chi connectivity index (χ1) is 8.76. The standard InChI is InChI=1S/C14H18ClN3/c1-3-10-18-13(8-9-17-18)14(16-2)11-4-6-12(15)7-5-11/h4-9,14,16H,3,10H2,1-2H3. The van der Waals surface area contributed by atoms with Crippen LogP contribution in [-0.2, 0) is 6.54 Å². The maximum absolute atomic E-state index is 5.93. The van der Waals surface area contributed by atoms with Crippen molar-refractivity contribution in [1.82, 2.24) is 15.1 Å². The molecule has 0 saturated carbocycles. The first-order valence-electron chi connectivity index (χ1n) is 6.20. The van der Waals surface area contributed by atoms with Gasteiger partial charge in [0.15, 0.2) is 0 Å². The molecular formula is C14H18ClN3. The van der Waals surface area contributed by atoms with E-state index in [4.69, 9.17) is 11.6 Å². The summed E-state index contributed by atoms with van der Waals surface area (Å²) in [7, 11) is 1.96. The molecule has 0 fully saturated rings. The number of halogens is 1. The van der Waals surface area contributed by atoms with Gasteiger partial charge in [0.05, 0.1) is 11.7 Å². The fourth-order valence-electron chi connectivity index (χ4n) is 2.13. The largest absolute Gasteiger partial charge is 0.308 e. The van der Waals surface area contributed by atoms with Crippen molar-refractivity contribution in [2.24, 2.45) is 0 Å². The van der Waals surface area contributed by atoms with Crippen LogP contribution in [0.5, 0.6) is 0 Å². The molecular weight excluding hydrogens is 246 g/mol. The SMILES string of the molecule is CCCn1nccc1C(NC)c1ccc(Cl)cc1. The predicted molar refractivity (Wildman–Crippen MR) is 74.9 cm³/mol. The zero-order valence-electron chi connectivity index (χ0n) is 10.7. The summed E-state index contributed by atoms with van der Waals surface area (Å²) in [6.45, 7) is 3.09. The van der Waals surface area contributed by atoms with Crippen LogP contribution in [0.4, 0.5) is 0 Å². The van der Waals surface area contributed by atoms with Gasteiger partial charge < -0.3 is 5.32 Å². The van der Waals surface area contributed by atoms with E-state index < -0.39 is 0 Å². The average molecular weight is 264 g/mol. The van der Waals surface area contributed by atoms with E-state index in [0.29, 0.717) is 0 Å². The lowest BCUT2D eigenvalue weighted by Gasteiger charge is -2.18. The monoisotopic (exact) mass is 263 g/mol. The van der Waals surface area contributed by atoms with E-state index in [1.807, 2.05) is 37.5 Å². The highest BCUT2D eigenvalue weighted by atomic mass is 35.5. The highest BCUT2D eigenvalue weighted by Crippen LogP contribution is 2.23. The Labute approximate surface area is 113 Å². The third kappa shape index (κ3) is 2.74. The van der Waals surface area contributed by atoms with Crippen LogP contribution in [0.15, 0.2) is 36.5 Å². The Kier molecular flexibility index (Phi) is 4.39. The zero-order chi connectivity index (χ0) is 13.0. The average Bonchev–Trinajstić information content (AvgIpc) is 2.82. The van der Waals surface area contributed by atoms with Crippen LogP contribution in [0.3, 0.4) is 0 Å². The Morgan fingerprint density at radius 2 is 2.00 bits per heavy atom. The molecule has 18 heavy (non-hydrogen) atoms. The molecule has 1 atom stereocenters. The second-order valence-electron chi connectivity index (χ2n) is 4.25. The molecule has 3 nitrogen and oxygen atoms in total. The van der Waals surface area contributed by atoms with Gasteiger partial charge in [0.1, 0.15) is 0 Å². The molecule has 4 heteroatoms. The Morgan fingerprint density at radius 3 is 2.61 bits per heavy atom. The van der Waals surface area contributed by atoms with Gasteiger partial charge in [0, 0.05) is 17.8 Å². The molecule has 2 rings (SSSR count). The highest BCUT2D eigenvalue weighted by molar-refractivity contribution is 6.30. The van der Waals surface area contributed by atoms with E-state index >= 15 is 0 Å². The molecule has 0 bridgehead atoms. The Morgan fingerprint density at radius 1 is 1.28 bits per heavy atom. The summed E-state index contributed by atoms with van der Waals surface area (Å²) in [6.07, 6.45) is 2.93. The second kappa shape index (κ2) is 6.03. The number of hydrogen-bond acceptors (Lipinski definition) is 2. The lowest BCUT2D eigenvalue weighted by molar-refractivity contribution is 0.534. The van der Waals surface area contributed by atoms with Gasteiger partial charge in [0.2, 0.25) is 0 Å². The fourth-order valence-corrected chi connectivity index (χ4v) is 2.25. The quantitative estimate of drug-likeness (QED) is 0.897. The third-order valence-electron chi connectivity index (χ3n) is 2.97. The van der Waals surface area contributed by atoms with Gasteiger partial charge in [-0.2, -0.15) is 5.10 Å². The number of aromatic nitrogens is 2. The second-order valence-corrected chi connectivity index (χ2v) is 4.69. The van der Waals surface area contributed by atoms with Crippen molar-refractivity contribution in [3.05, 3.63) is 52.8 Å². The molecule has 1 aromatic carbocycles. The van der Waals surface area contributed by atoms with Crippen LogP contribution >= 0.6 is 11.6 Å². The third-order valence-corrected chi connectivity index (χ3v) is 3.22. The predicted octanol–water partition coefficient (Wildman–Crippen LogP) is 3.26. The van der Waals surface area contributed by atoms with E-state index in [1.54, 1.807) is 0 Å². The summed E-state index contributed by atoms with van der Waals surface area (Å²) in [5.74, 6) is 0. The minimum absolute atomic E-state index is 0.149. The van der Waals surface area contributed by atoms with Crippen molar-refractivity contribution in [1.29, 1.82) is 0 Å². The Bertz CT molecular complexity index is 490. The molecule has 0 amide bonds. The Hall–Kier alpha value is -1.32. The van der Waals surface area contributed by atoms with E-state index in [1.165, 1.54) is 11.3 Å². The van der Waals surface area contributed by atoms with Crippen LogP contribution in [-0.4, -0.2) is 16.8 Å². The minimum Gasteiger partial charge on any atom is -0.308 e. The van der Waals surface area contributed by atoms with Gasteiger partial charge in [0.25, 0.3) is 0 Å². The molecule has 2 aromatic rings. The number of rotatable bonds is 5. The van der Waals surface area contributed by atoms with Crippen LogP contribution in [0.2, 0.25) is 5.02 Å². The minimum atomic E-state index is 0.149. The summed E-state index contributed by atoms with van der Waals surface area (Å²) >= 11 is 5.93. The van der Waals surface area contributed by atoms with E-state index in [-0.39, 0.29) is 6.04 Å². The normalized spacial score (nSPS) is 12.6.